The van der Waals surface area contributed by atoms with Crippen LogP contribution in [0.5, 0.6) is 0 Å². The molecule has 2 unspecified atom stereocenters. The first kappa shape index (κ1) is 10.6. The van der Waals surface area contributed by atoms with Crippen LogP contribution in [0.3, 0.4) is 0 Å². The molecule has 0 N–H and O–H groups in total. The molecule has 15 heavy (non-hydrogen) atoms. The van der Waals surface area contributed by atoms with Crippen molar-refractivity contribution < 1.29 is 14.3 Å². The summed E-state index contributed by atoms with van der Waals surface area (Å²) >= 11 is 0. The predicted octanol–water partition coefficient (Wildman–Crippen LogP) is 1.09. The van der Waals surface area contributed by atoms with E-state index in [2.05, 4.69) is 0 Å². The van der Waals surface area contributed by atoms with Gasteiger partial charge in [0, 0.05) is 12.8 Å². The van der Waals surface area contributed by atoms with Crippen LogP contribution in [-0.2, 0) is 14.3 Å². The van der Waals surface area contributed by atoms with E-state index in [1.807, 2.05) is 27.7 Å². The van der Waals surface area contributed by atoms with Crippen LogP contribution in [0.2, 0.25) is 0 Å². The van der Waals surface area contributed by atoms with Crippen LogP contribution >= 0.6 is 0 Å². The van der Waals surface area contributed by atoms with Crippen LogP contribution in [0.15, 0.2) is 0 Å². The Morgan fingerprint density at radius 1 is 1.20 bits per heavy atom. The van der Waals surface area contributed by atoms with Gasteiger partial charge in [0.25, 0.3) is 0 Å². The highest BCUT2D eigenvalue weighted by Crippen LogP contribution is 2.51. The number of nitrogens with zero attached hydrogens (tertiary/aromatic N) is 1. The average Bonchev–Trinajstić information content (AvgIpc) is 2.47. The lowest BCUT2D eigenvalue weighted by Gasteiger charge is -2.27. The van der Waals surface area contributed by atoms with Gasteiger partial charge in [-0.25, -0.2) is 0 Å². The molecule has 0 radical (unpaired) electrons. The van der Waals surface area contributed by atoms with Gasteiger partial charge in [-0.05, 0) is 27.7 Å². The van der Waals surface area contributed by atoms with Crippen molar-refractivity contribution in [2.45, 2.75) is 57.8 Å². The predicted molar refractivity (Wildman–Crippen MR) is 54.1 cm³/mol. The third kappa shape index (κ3) is 1.31. The summed E-state index contributed by atoms with van der Waals surface area (Å²) in [6.07, 6.45) is 0.694. The lowest BCUT2D eigenvalue weighted by molar-refractivity contribution is -0.142. The minimum absolute atomic E-state index is 0.0694. The molecule has 2 saturated heterocycles. The van der Waals surface area contributed by atoms with E-state index in [4.69, 9.17) is 4.74 Å². The van der Waals surface area contributed by atoms with E-state index in [0.717, 1.165) is 0 Å². The molecule has 2 rings (SSSR count). The van der Waals surface area contributed by atoms with Gasteiger partial charge < -0.3 is 4.74 Å². The van der Waals surface area contributed by atoms with Crippen LogP contribution in [-0.4, -0.2) is 34.0 Å². The van der Waals surface area contributed by atoms with E-state index in [0.29, 0.717) is 12.8 Å². The van der Waals surface area contributed by atoms with Gasteiger partial charge in [0.2, 0.25) is 11.8 Å². The van der Waals surface area contributed by atoms with Gasteiger partial charge in [-0.1, -0.05) is 0 Å². The van der Waals surface area contributed by atoms with Crippen molar-refractivity contribution in [3.8, 4) is 0 Å². The van der Waals surface area contributed by atoms with Gasteiger partial charge in [0.1, 0.15) is 5.60 Å². The molecule has 0 aromatic rings. The van der Waals surface area contributed by atoms with Crippen LogP contribution < -0.4 is 0 Å². The summed E-state index contributed by atoms with van der Waals surface area (Å²) in [5, 5.41) is 0. The highest BCUT2D eigenvalue weighted by Gasteiger charge is 2.65. The normalized spacial score (nSPS) is 35.9. The third-order valence-corrected chi connectivity index (χ3v) is 3.90. The summed E-state index contributed by atoms with van der Waals surface area (Å²) in [5.41, 5.74) is -0.627. The Labute approximate surface area is 89.6 Å². The standard InChI is InChI=1S/C11H17NO3/c1-7(11(4)10(2,3)15-11)12-8(13)5-6-9(12)14/h7H,5-6H2,1-4H3. The molecule has 0 bridgehead atoms. The number of hydrogen-bond acceptors (Lipinski definition) is 3. The zero-order valence-corrected chi connectivity index (χ0v) is 9.66. The van der Waals surface area contributed by atoms with Crippen molar-refractivity contribution in [2.24, 2.45) is 0 Å². The van der Waals surface area contributed by atoms with Crippen molar-refractivity contribution in [3.63, 3.8) is 0 Å². The Bertz CT molecular complexity index is 321. The molecule has 0 saturated carbocycles. The number of carbonyl (C=O) groups is 2. The van der Waals surface area contributed by atoms with Crippen LogP contribution in [0.4, 0.5) is 0 Å². The van der Waals surface area contributed by atoms with E-state index in [1.54, 1.807) is 0 Å². The highest BCUT2D eigenvalue weighted by molar-refractivity contribution is 6.02. The Kier molecular flexibility index (Phi) is 1.99. The van der Waals surface area contributed by atoms with Gasteiger partial charge >= 0.3 is 0 Å². The smallest absolute Gasteiger partial charge is 0.230 e. The summed E-state index contributed by atoms with van der Waals surface area (Å²) in [5.74, 6) is -0.139. The summed E-state index contributed by atoms with van der Waals surface area (Å²) < 4.78 is 5.62. The molecule has 0 aromatic heterocycles. The summed E-state index contributed by atoms with van der Waals surface area (Å²) in [7, 11) is 0. The van der Waals surface area contributed by atoms with E-state index < -0.39 is 0 Å². The van der Waals surface area contributed by atoms with Crippen molar-refractivity contribution in [1.29, 1.82) is 0 Å². The Hall–Kier alpha value is -0.900. The summed E-state index contributed by atoms with van der Waals surface area (Å²) in [4.78, 5) is 24.5. The molecule has 0 aliphatic carbocycles. The molecular formula is C11H17NO3. The zero-order valence-electron chi connectivity index (χ0n) is 9.66. The molecule has 2 fully saturated rings. The number of ether oxygens (including phenoxy) is 1. The molecule has 2 atom stereocenters. The second kappa shape index (κ2) is 2.82. The maximum atomic E-state index is 11.6. The fraction of sp³-hybridized carbons (Fsp3) is 0.818. The summed E-state index contributed by atoms with van der Waals surface area (Å²) in [6, 6.07) is -0.171. The minimum Gasteiger partial charge on any atom is -0.361 e. The Balaban J connectivity index is 2.19. The second-order valence-electron chi connectivity index (χ2n) is 5.05. The molecule has 2 aliphatic heterocycles. The number of amides is 2. The minimum atomic E-state index is -0.386. The fourth-order valence-electron chi connectivity index (χ4n) is 2.37. The first-order valence-electron chi connectivity index (χ1n) is 5.35. The number of epoxide rings is 1. The topological polar surface area (TPSA) is 49.9 Å². The first-order chi connectivity index (χ1) is 6.79. The third-order valence-electron chi connectivity index (χ3n) is 3.90. The van der Waals surface area contributed by atoms with E-state index >= 15 is 0 Å². The lowest BCUT2D eigenvalue weighted by atomic mass is 9.90. The van der Waals surface area contributed by atoms with Crippen molar-refractivity contribution in [3.05, 3.63) is 0 Å². The fourth-order valence-corrected chi connectivity index (χ4v) is 2.37. The van der Waals surface area contributed by atoms with Crippen LogP contribution in [0.1, 0.15) is 40.5 Å². The van der Waals surface area contributed by atoms with Crippen LogP contribution in [0, 0.1) is 0 Å². The molecule has 2 aliphatic rings. The zero-order chi connectivity index (χ0) is 11.4. The van der Waals surface area contributed by atoms with Gasteiger partial charge in [-0.2, -0.15) is 0 Å². The molecule has 0 spiro atoms. The van der Waals surface area contributed by atoms with E-state index in [1.165, 1.54) is 4.90 Å². The number of carbonyl (C=O) groups excluding carboxylic acids is 2. The van der Waals surface area contributed by atoms with Crippen LogP contribution in [0.25, 0.3) is 0 Å². The van der Waals surface area contributed by atoms with Crippen molar-refractivity contribution in [1.82, 2.24) is 4.90 Å². The number of imide groups is 1. The molecule has 84 valence electrons. The molecule has 0 aromatic carbocycles. The molecular weight excluding hydrogens is 194 g/mol. The molecule has 2 heterocycles. The quantitative estimate of drug-likeness (QED) is 0.507. The first-order valence-corrected chi connectivity index (χ1v) is 5.35. The highest BCUT2D eigenvalue weighted by atomic mass is 16.6. The van der Waals surface area contributed by atoms with Crippen molar-refractivity contribution in [2.75, 3.05) is 0 Å². The second-order valence-corrected chi connectivity index (χ2v) is 5.05. The number of likely N-dealkylation sites (tertiary alicyclic amines) is 1. The average molecular weight is 211 g/mol. The Morgan fingerprint density at radius 2 is 1.60 bits per heavy atom. The van der Waals surface area contributed by atoms with Gasteiger partial charge in [0.05, 0.1) is 11.6 Å². The number of rotatable bonds is 2. The van der Waals surface area contributed by atoms with E-state index in [-0.39, 0.29) is 29.1 Å². The SMILES string of the molecule is CC(N1C(=O)CCC1=O)C1(C)OC1(C)C. The molecule has 2 amide bonds. The number of hydrogen-bond donors (Lipinski definition) is 0. The summed E-state index contributed by atoms with van der Waals surface area (Å²) in [6.45, 7) is 7.80. The van der Waals surface area contributed by atoms with Gasteiger partial charge in [-0.3, -0.25) is 14.5 Å². The maximum Gasteiger partial charge on any atom is 0.230 e. The van der Waals surface area contributed by atoms with Gasteiger partial charge in [-0.15, -0.1) is 0 Å². The monoisotopic (exact) mass is 211 g/mol. The van der Waals surface area contributed by atoms with Crippen molar-refractivity contribution >= 4 is 11.8 Å². The molecule has 4 heteroatoms. The Morgan fingerprint density at radius 3 is 1.93 bits per heavy atom. The molecule has 4 nitrogen and oxygen atoms in total. The largest absolute Gasteiger partial charge is 0.361 e. The van der Waals surface area contributed by atoms with Gasteiger partial charge in [0.15, 0.2) is 0 Å². The lowest BCUT2D eigenvalue weighted by Crippen LogP contribution is -2.47. The van der Waals surface area contributed by atoms with E-state index in [9.17, 15) is 9.59 Å². The maximum absolute atomic E-state index is 11.6.